The summed E-state index contributed by atoms with van der Waals surface area (Å²) in [6.45, 7) is 5.55. The van der Waals surface area contributed by atoms with Crippen molar-refractivity contribution in [2.45, 2.75) is 31.1 Å². The predicted molar refractivity (Wildman–Crippen MR) is 167 cm³/mol. The van der Waals surface area contributed by atoms with E-state index in [0.717, 1.165) is 11.6 Å². The van der Waals surface area contributed by atoms with Crippen LogP contribution in [0.3, 0.4) is 0 Å². The molecule has 0 atom stereocenters. The third-order valence-electron chi connectivity index (χ3n) is 6.31. The average molecular weight is 636 g/mol. The number of carbonyl (C=O) groups is 2. The van der Waals surface area contributed by atoms with Crippen molar-refractivity contribution in [2.24, 2.45) is 0 Å². The number of nitrogens with one attached hydrogen (secondary N) is 2. The van der Waals surface area contributed by atoms with Crippen molar-refractivity contribution >= 4 is 33.6 Å². The van der Waals surface area contributed by atoms with Crippen molar-refractivity contribution in [3.63, 3.8) is 0 Å². The van der Waals surface area contributed by atoms with Gasteiger partial charge in [0.1, 0.15) is 30.5 Å². The van der Waals surface area contributed by atoms with Crippen LogP contribution in [0.2, 0.25) is 0 Å². The van der Waals surface area contributed by atoms with Crippen molar-refractivity contribution in [1.29, 1.82) is 0 Å². The molecule has 45 heavy (non-hydrogen) atoms. The Labute approximate surface area is 261 Å². The number of ether oxygens (including phenoxy) is 4. The molecule has 0 aliphatic carbocycles. The number of pyridine rings is 1. The highest BCUT2D eigenvalue weighted by Crippen LogP contribution is 2.42. The van der Waals surface area contributed by atoms with Crippen LogP contribution in [0.15, 0.2) is 90.0 Å². The van der Waals surface area contributed by atoms with Crippen molar-refractivity contribution < 1.29 is 42.1 Å². The molecule has 3 N–H and O–H groups in total. The number of carboxylic acids is 1. The number of hydrogen-bond donors (Lipinski definition) is 3. The summed E-state index contributed by atoms with van der Waals surface area (Å²) < 4.78 is 51.7. The van der Waals surface area contributed by atoms with E-state index >= 15 is 0 Å². The first-order valence-corrected chi connectivity index (χ1v) is 15.2. The van der Waals surface area contributed by atoms with E-state index in [1.165, 1.54) is 31.5 Å². The summed E-state index contributed by atoms with van der Waals surface area (Å²) in [7, 11) is -2.74. The Balaban J connectivity index is 1.64. The van der Waals surface area contributed by atoms with E-state index in [1.807, 2.05) is 20.8 Å². The zero-order valence-corrected chi connectivity index (χ0v) is 25.9. The van der Waals surface area contributed by atoms with Gasteiger partial charge in [0, 0.05) is 12.3 Å². The standard InChI is InChI=1S/C32H33N3O9S/c1-32(2,3)22-11-13-25(14-12-22)45(39,40)35-26-18-21(30(36)37)19-27(29(26)44-24-9-7-8-23(20-24)41-4)42-16-17-43-31(38)34-28-10-5-6-15-33-28/h5-15,18-20,35H,16-17H2,1-4H3,(H,36,37)(H,33,34,38). The van der Waals surface area contributed by atoms with Crippen molar-refractivity contribution in [3.8, 4) is 23.0 Å². The fourth-order valence-electron chi connectivity index (χ4n) is 4.00. The molecule has 1 amide bonds. The fraction of sp³-hybridized carbons (Fsp3) is 0.219. The van der Waals surface area contributed by atoms with Gasteiger partial charge in [0.25, 0.3) is 10.0 Å². The van der Waals surface area contributed by atoms with Crippen LogP contribution in [0, 0.1) is 0 Å². The molecule has 1 aromatic heterocycles. The second-order valence-corrected chi connectivity index (χ2v) is 12.3. The molecular weight excluding hydrogens is 602 g/mol. The zero-order valence-electron chi connectivity index (χ0n) is 25.1. The number of nitrogens with zero attached hydrogens (tertiary/aromatic N) is 1. The van der Waals surface area contributed by atoms with E-state index in [2.05, 4.69) is 15.0 Å². The largest absolute Gasteiger partial charge is 0.497 e. The SMILES string of the molecule is COc1cccc(Oc2c(NS(=O)(=O)c3ccc(C(C)(C)C)cc3)cc(C(=O)O)cc2OCCOC(=O)Nc2ccccn2)c1. The summed E-state index contributed by atoms with van der Waals surface area (Å²) in [5.41, 5.74) is 0.264. The number of benzene rings is 3. The first-order chi connectivity index (χ1) is 21.4. The normalized spacial score (nSPS) is 11.3. The summed E-state index contributed by atoms with van der Waals surface area (Å²) in [6.07, 6.45) is 0.723. The average Bonchev–Trinajstić information content (AvgIpc) is 3.00. The summed E-state index contributed by atoms with van der Waals surface area (Å²) >= 11 is 0. The molecule has 0 aliphatic rings. The summed E-state index contributed by atoms with van der Waals surface area (Å²) in [5.74, 6) is -0.577. The van der Waals surface area contributed by atoms with Gasteiger partial charge in [-0.1, -0.05) is 45.0 Å². The van der Waals surface area contributed by atoms with E-state index in [1.54, 1.807) is 54.6 Å². The predicted octanol–water partition coefficient (Wildman–Crippen LogP) is 6.31. The lowest BCUT2D eigenvalue weighted by atomic mass is 9.87. The third kappa shape index (κ3) is 8.86. The van der Waals surface area contributed by atoms with E-state index in [9.17, 15) is 23.1 Å². The van der Waals surface area contributed by atoms with Crippen molar-refractivity contribution in [2.75, 3.05) is 30.4 Å². The van der Waals surface area contributed by atoms with Crippen LogP contribution >= 0.6 is 0 Å². The molecule has 0 radical (unpaired) electrons. The van der Waals surface area contributed by atoms with E-state index in [-0.39, 0.29) is 57.8 Å². The van der Waals surface area contributed by atoms with Gasteiger partial charge in [-0.25, -0.2) is 23.0 Å². The van der Waals surface area contributed by atoms with Crippen LogP contribution in [0.5, 0.6) is 23.0 Å². The summed E-state index contributed by atoms with van der Waals surface area (Å²) in [4.78, 5) is 28.1. The lowest BCUT2D eigenvalue weighted by molar-refractivity contribution is 0.0696. The van der Waals surface area contributed by atoms with Gasteiger partial charge in [0.2, 0.25) is 0 Å². The van der Waals surface area contributed by atoms with Crippen LogP contribution in [0.1, 0.15) is 36.7 Å². The van der Waals surface area contributed by atoms with Gasteiger partial charge in [-0.3, -0.25) is 10.0 Å². The highest BCUT2D eigenvalue weighted by molar-refractivity contribution is 7.92. The molecule has 4 aromatic rings. The number of methoxy groups -OCH3 is 1. The van der Waals surface area contributed by atoms with E-state index in [0.29, 0.717) is 5.75 Å². The van der Waals surface area contributed by atoms with Crippen LogP contribution in [0.25, 0.3) is 0 Å². The highest BCUT2D eigenvalue weighted by atomic mass is 32.2. The number of carboxylic acid groups (broad SMARTS) is 1. The number of aromatic nitrogens is 1. The molecule has 0 saturated heterocycles. The molecule has 0 fully saturated rings. The van der Waals surface area contributed by atoms with Gasteiger partial charge in [-0.2, -0.15) is 0 Å². The first-order valence-electron chi connectivity index (χ1n) is 13.7. The summed E-state index contributed by atoms with van der Waals surface area (Å²) in [5, 5.41) is 12.3. The van der Waals surface area contributed by atoms with E-state index < -0.39 is 22.1 Å². The minimum atomic E-state index is -4.22. The molecule has 0 unspecified atom stereocenters. The molecule has 4 rings (SSSR count). The second-order valence-electron chi connectivity index (χ2n) is 10.6. The maximum atomic E-state index is 13.5. The first kappa shape index (κ1) is 32.6. The quantitative estimate of drug-likeness (QED) is 0.150. The van der Waals surface area contributed by atoms with Crippen molar-refractivity contribution in [3.05, 3.63) is 96.2 Å². The Morgan fingerprint density at radius 2 is 1.64 bits per heavy atom. The monoisotopic (exact) mass is 635 g/mol. The number of rotatable bonds is 12. The Bertz CT molecular complexity index is 1760. The lowest BCUT2D eigenvalue weighted by Crippen LogP contribution is -2.19. The summed E-state index contributed by atoms with van der Waals surface area (Å²) in [6, 6.07) is 20.2. The Morgan fingerprint density at radius 1 is 0.911 bits per heavy atom. The number of sulfonamides is 1. The zero-order chi connectivity index (χ0) is 32.6. The molecule has 12 nitrogen and oxygen atoms in total. The molecule has 3 aromatic carbocycles. The minimum Gasteiger partial charge on any atom is -0.497 e. The maximum absolute atomic E-state index is 13.5. The van der Waals surface area contributed by atoms with Crippen LogP contribution in [0.4, 0.5) is 16.3 Å². The molecule has 0 saturated carbocycles. The number of hydrogen-bond acceptors (Lipinski definition) is 9. The number of amides is 1. The third-order valence-corrected chi connectivity index (χ3v) is 7.69. The van der Waals surface area contributed by atoms with Crippen molar-refractivity contribution in [1.82, 2.24) is 4.98 Å². The number of carbonyl (C=O) groups excluding carboxylic acids is 1. The van der Waals surface area contributed by atoms with Crippen LogP contribution in [-0.2, 0) is 20.2 Å². The van der Waals surface area contributed by atoms with Gasteiger partial charge < -0.3 is 24.1 Å². The highest BCUT2D eigenvalue weighted by Gasteiger charge is 2.24. The Kier molecular flexibility index (Phi) is 10.1. The molecule has 236 valence electrons. The topological polar surface area (TPSA) is 162 Å². The molecule has 0 aliphatic heterocycles. The van der Waals surface area contributed by atoms with Crippen LogP contribution < -0.4 is 24.2 Å². The molecule has 1 heterocycles. The van der Waals surface area contributed by atoms with Gasteiger partial charge >= 0.3 is 12.1 Å². The van der Waals surface area contributed by atoms with Gasteiger partial charge in [-0.05, 0) is 59.5 Å². The van der Waals surface area contributed by atoms with Gasteiger partial charge in [-0.15, -0.1) is 0 Å². The number of aromatic carboxylic acids is 1. The Hall–Kier alpha value is -5.30. The molecule has 0 bridgehead atoms. The number of anilines is 2. The minimum absolute atomic E-state index is 0.0432. The lowest BCUT2D eigenvalue weighted by Gasteiger charge is -2.20. The smallest absolute Gasteiger partial charge is 0.412 e. The molecule has 0 spiro atoms. The Morgan fingerprint density at radius 3 is 2.29 bits per heavy atom. The van der Waals surface area contributed by atoms with E-state index in [4.69, 9.17) is 18.9 Å². The molecule has 13 heteroatoms. The van der Waals surface area contributed by atoms with Gasteiger partial charge in [0.05, 0.1) is 23.3 Å². The van der Waals surface area contributed by atoms with Crippen LogP contribution in [-0.4, -0.2) is 50.9 Å². The second kappa shape index (κ2) is 14.0. The maximum Gasteiger partial charge on any atom is 0.412 e. The molecular formula is C32H33N3O9S. The fourth-order valence-corrected chi connectivity index (χ4v) is 5.05. The van der Waals surface area contributed by atoms with Gasteiger partial charge in [0.15, 0.2) is 11.5 Å².